The lowest BCUT2D eigenvalue weighted by atomic mass is 10.1. The predicted octanol–water partition coefficient (Wildman–Crippen LogP) is 1.79. The summed E-state index contributed by atoms with van der Waals surface area (Å²) >= 11 is 0. The highest BCUT2D eigenvalue weighted by Crippen LogP contribution is 2.18. The molecule has 2 aromatic rings. The molecule has 2 aromatic carbocycles. The average Bonchev–Trinajstić information content (AvgIpc) is 2.67. The zero-order valence-corrected chi connectivity index (χ0v) is 14.8. The van der Waals surface area contributed by atoms with Crippen molar-refractivity contribution >= 4 is 23.7 Å². The van der Waals surface area contributed by atoms with Gasteiger partial charge in [0.15, 0.2) is 0 Å². The normalized spacial score (nSPS) is 10.4. The second-order valence-corrected chi connectivity index (χ2v) is 5.48. The number of carbonyl (C=O) groups is 2. The SMILES string of the molecule is COc1ccccc1C(=O)NCC(=O)NN=Cc1ccc(C)c([N+](=O)[O-])c1. The molecule has 0 radical (unpaired) electrons. The molecule has 140 valence electrons. The minimum absolute atomic E-state index is 0.0330. The van der Waals surface area contributed by atoms with Crippen LogP contribution in [0.25, 0.3) is 0 Å². The quantitative estimate of drug-likeness (QED) is 0.437. The van der Waals surface area contributed by atoms with E-state index in [-0.39, 0.29) is 12.2 Å². The Bertz CT molecular complexity index is 895. The molecule has 27 heavy (non-hydrogen) atoms. The third kappa shape index (κ3) is 5.36. The maximum Gasteiger partial charge on any atom is 0.272 e. The van der Waals surface area contributed by atoms with E-state index in [0.29, 0.717) is 22.4 Å². The van der Waals surface area contributed by atoms with Gasteiger partial charge in [0.25, 0.3) is 17.5 Å². The van der Waals surface area contributed by atoms with Crippen LogP contribution in [0.5, 0.6) is 5.75 Å². The summed E-state index contributed by atoms with van der Waals surface area (Å²) in [5, 5.41) is 17.1. The molecule has 0 unspecified atom stereocenters. The first kappa shape index (κ1) is 19.6. The number of nitrogens with zero attached hydrogens (tertiary/aromatic N) is 2. The van der Waals surface area contributed by atoms with Gasteiger partial charge in [-0.2, -0.15) is 5.10 Å². The molecule has 0 heterocycles. The highest BCUT2D eigenvalue weighted by atomic mass is 16.6. The molecule has 0 atom stereocenters. The van der Waals surface area contributed by atoms with E-state index in [0.717, 1.165) is 0 Å². The van der Waals surface area contributed by atoms with Crippen molar-refractivity contribution in [1.29, 1.82) is 0 Å². The highest BCUT2D eigenvalue weighted by molar-refractivity contribution is 5.98. The van der Waals surface area contributed by atoms with Gasteiger partial charge in [-0.1, -0.05) is 24.3 Å². The van der Waals surface area contributed by atoms with Crippen LogP contribution in [0.1, 0.15) is 21.5 Å². The fourth-order valence-electron chi connectivity index (χ4n) is 2.21. The standard InChI is InChI=1S/C18H18N4O5/c1-12-7-8-13(9-15(12)22(25)26)10-20-21-17(23)11-19-18(24)14-5-3-4-6-16(14)27-2/h3-10H,11H2,1-2H3,(H,19,24)(H,21,23). The van der Waals surface area contributed by atoms with Crippen LogP contribution in [0.15, 0.2) is 47.6 Å². The van der Waals surface area contributed by atoms with Crippen molar-refractivity contribution < 1.29 is 19.2 Å². The van der Waals surface area contributed by atoms with Crippen molar-refractivity contribution in [2.75, 3.05) is 13.7 Å². The molecule has 9 nitrogen and oxygen atoms in total. The van der Waals surface area contributed by atoms with Gasteiger partial charge in [-0.05, 0) is 19.1 Å². The number of benzene rings is 2. The number of hydrogen-bond donors (Lipinski definition) is 2. The van der Waals surface area contributed by atoms with Gasteiger partial charge in [-0.25, -0.2) is 5.43 Å². The van der Waals surface area contributed by atoms with E-state index < -0.39 is 16.7 Å². The van der Waals surface area contributed by atoms with Crippen molar-refractivity contribution in [1.82, 2.24) is 10.7 Å². The molecule has 0 spiro atoms. The van der Waals surface area contributed by atoms with Gasteiger partial charge < -0.3 is 10.1 Å². The molecular formula is C18H18N4O5. The second kappa shape index (κ2) is 9.09. The summed E-state index contributed by atoms with van der Waals surface area (Å²) in [7, 11) is 1.45. The molecule has 2 N–H and O–H groups in total. The zero-order valence-electron chi connectivity index (χ0n) is 14.8. The summed E-state index contributed by atoms with van der Waals surface area (Å²) in [5.74, 6) is -0.605. The first-order valence-electron chi connectivity index (χ1n) is 7.90. The van der Waals surface area contributed by atoms with Crippen LogP contribution in [-0.2, 0) is 4.79 Å². The third-order valence-corrected chi connectivity index (χ3v) is 3.59. The Balaban J connectivity index is 1.89. The molecule has 0 aliphatic heterocycles. The van der Waals surface area contributed by atoms with E-state index in [1.54, 1.807) is 43.3 Å². The number of ether oxygens (including phenoxy) is 1. The predicted molar refractivity (Wildman–Crippen MR) is 98.9 cm³/mol. The summed E-state index contributed by atoms with van der Waals surface area (Å²) in [5.41, 5.74) is 3.51. The number of amides is 2. The number of para-hydroxylation sites is 1. The Morgan fingerprint density at radius 3 is 2.70 bits per heavy atom. The van der Waals surface area contributed by atoms with E-state index in [4.69, 9.17) is 4.74 Å². The number of hydrazone groups is 1. The summed E-state index contributed by atoms with van der Waals surface area (Å²) in [6.45, 7) is 1.34. The monoisotopic (exact) mass is 370 g/mol. The van der Waals surface area contributed by atoms with Crippen molar-refractivity contribution in [3.63, 3.8) is 0 Å². The Morgan fingerprint density at radius 2 is 2.00 bits per heavy atom. The minimum Gasteiger partial charge on any atom is -0.496 e. The number of aryl methyl sites for hydroxylation is 1. The van der Waals surface area contributed by atoms with E-state index in [1.807, 2.05) is 0 Å². The molecule has 0 aliphatic carbocycles. The van der Waals surface area contributed by atoms with E-state index in [9.17, 15) is 19.7 Å². The molecule has 0 bridgehead atoms. The number of methoxy groups -OCH3 is 1. The molecule has 9 heteroatoms. The van der Waals surface area contributed by atoms with Crippen molar-refractivity contribution in [3.05, 3.63) is 69.3 Å². The third-order valence-electron chi connectivity index (χ3n) is 3.59. The zero-order chi connectivity index (χ0) is 19.8. The molecule has 2 rings (SSSR count). The van der Waals surface area contributed by atoms with Gasteiger partial charge in [0.1, 0.15) is 5.75 Å². The first-order chi connectivity index (χ1) is 12.9. The number of carbonyl (C=O) groups excluding carboxylic acids is 2. The summed E-state index contributed by atoms with van der Waals surface area (Å²) in [6.07, 6.45) is 1.28. The molecule has 0 saturated carbocycles. The highest BCUT2D eigenvalue weighted by Gasteiger charge is 2.12. The van der Waals surface area contributed by atoms with Crippen molar-refractivity contribution in [2.24, 2.45) is 5.10 Å². The van der Waals surface area contributed by atoms with Crippen molar-refractivity contribution in [3.8, 4) is 5.75 Å². The molecule has 0 aromatic heterocycles. The van der Waals surface area contributed by atoms with Crippen LogP contribution in [0.2, 0.25) is 0 Å². The minimum atomic E-state index is -0.545. The van der Waals surface area contributed by atoms with Crippen LogP contribution in [0.4, 0.5) is 5.69 Å². The fraction of sp³-hybridized carbons (Fsp3) is 0.167. The number of nitrogens with one attached hydrogen (secondary N) is 2. The smallest absolute Gasteiger partial charge is 0.272 e. The number of nitro benzene ring substituents is 1. The van der Waals surface area contributed by atoms with Gasteiger partial charge >= 0.3 is 0 Å². The van der Waals surface area contributed by atoms with Gasteiger partial charge in [0.2, 0.25) is 0 Å². The van der Waals surface area contributed by atoms with Crippen LogP contribution >= 0.6 is 0 Å². The Hall–Kier alpha value is -3.75. The molecule has 2 amide bonds. The van der Waals surface area contributed by atoms with Gasteiger partial charge in [-0.15, -0.1) is 0 Å². The lowest BCUT2D eigenvalue weighted by Gasteiger charge is -2.08. The Kier molecular flexibility index (Phi) is 6.59. The Morgan fingerprint density at radius 1 is 1.26 bits per heavy atom. The van der Waals surface area contributed by atoms with Gasteiger partial charge in [0.05, 0.1) is 30.4 Å². The van der Waals surface area contributed by atoms with Gasteiger partial charge in [-0.3, -0.25) is 19.7 Å². The maximum atomic E-state index is 12.1. The van der Waals surface area contributed by atoms with Gasteiger partial charge in [0, 0.05) is 17.2 Å². The molecule has 0 fully saturated rings. The van der Waals surface area contributed by atoms with E-state index in [2.05, 4.69) is 15.8 Å². The van der Waals surface area contributed by atoms with Crippen LogP contribution in [-0.4, -0.2) is 36.6 Å². The van der Waals surface area contributed by atoms with Crippen LogP contribution in [0.3, 0.4) is 0 Å². The van der Waals surface area contributed by atoms with Crippen LogP contribution in [0, 0.1) is 17.0 Å². The summed E-state index contributed by atoms with van der Waals surface area (Å²) in [4.78, 5) is 34.3. The molecule has 0 saturated heterocycles. The Labute approximate surface area is 155 Å². The number of rotatable bonds is 7. The number of nitro groups is 1. The maximum absolute atomic E-state index is 12.1. The average molecular weight is 370 g/mol. The topological polar surface area (TPSA) is 123 Å². The lowest BCUT2D eigenvalue weighted by Crippen LogP contribution is -2.35. The summed E-state index contributed by atoms with van der Waals surface area (Å²) in [6, 6.07) is 11.2. The van der Waals surface area contributed by atoms with Crippen LogP contribution < -0.4 is 15.5 Å². The second-order valence-electron chi connectivity index (χ2n) is 5.48. The molecular weight excluding hydrogens is 352 g/mol. The summed E-state index contributed by atoms with van der Waals surface area (Å²) < 4.78 is 5.09. The van der Waals surface area contributed by atoms with Crippen molar-refractivity contribution in [2.45, 2.75) is 6.92 Å². The van der Waals surface area contributed by atoms with E-state index >= 15 is 0 Å². The van der Waals surface area contributed by atoms with E-state index in [1.165, 1.54) is 19.4 Å². The lowest BCUT2D eigenvalue weighted by molar-refractivity contribution is -0.385. The first-order valence-corrected chi connectivity index (χ1v) is 7.90. The molecule has 0 aliphatic rings. The fourth-order valence-corrected chi connectivity index (χ4v) is 2.21. The largest absolute Gasteiger partial charge is 0.496 e. The number of hydrogen-bond acceptors (Lipinski definition) is 6.